The fraction of sp³-hybridized carbons (Fsp3) is 0.833. The molecule has 0 saturated carbocycles. The first-order valence-corrected chi connectivity index (χ1v) is 9.97. The molecule has 2 unspecified atom stereocenters. The number of nitrogens with zero attached hydrogens (tertiary/aromatic N) is 1. The molecule has 30 heavy (non-hydrogen) atoms. The van der Waals surface area contributed by atoms with Crippen molar-refractivity contribution in [3.8, 4) is 0 Å². The highest BCUT2D eigenvalue weighted by Gasteiger charge is 2.25. The van der Waals surface area contributed by atoms with Crippen molar-refractivity contribution in [3.63, 3.8) is 0 Å². The second kappa shape index (κ2) is 20.8. The minimum atomic E-state index is -0.671. The van der Waals surface area contributed by atoms with Crippen molar-refractivity contribution in [2.24, 2.45) is 5.73 Å². The summed E-state index contributed by atoms with van der Waals surface area (Å²) < 4.78 is 10.7. The van der Waals surface area contributed by atoms with E-state index in [4.69, 9.17) is 15.2 Å². The lowest BCUT2D eigenvalue weighted by atomic mass is 10.3. The third-order valence-electron chi connectivity index (χ3n) is 3.97. The summed E-state index contributed by atoms with van der Waals surface area (Å²) in [5.74, 6) is -0.295. The van der Waals surface area contributed by atoms with Gasteiger partial charge in [-0.15, -0.1) is 24.8 Å². The van der Waals surface area contributed by atoms with Gasteiger partial charge in [0.2, 0.25) is 5.91 Å². The van der Waals surface area contributed by atoms with E-state index in [0.717, 1.165) is 25.7 Å². The van der Waals surface area contributed by atoms with E-state index in [1.54, 1.807) is 18.7 Å². The third-order valence-corrected chi connectivity index (χ3v) is 3.97. The average Bonchev–Trinajstić information content (AvgIpc) is 2.65. The number of hydrogen-bond donors (Lipinski definition) is 4. The fourth-order valence-electron chi connectivity index (χ4n) is 2.32. The summed E-state index contributed by atoms with van der Waals surface area (Å²) >= 11 is 0. The summed E-state index contributed by atoms with van der Waals surface area (Å²) in [7, 11) is 0. The molecule has 0 rings (SSSR count). The second-order valence-corrected chi connectivity index (χ2v) is 6.36. The molecule has 12 heteroatoms. The van der Waals surface area contributed by atoms with Crippen molar-refractivity contribution < 1.29 is 23.9 Å². The Morgan fingerprint density at radius 3 is 1.63 bits per heavy atom. The second-order valence-electron chi connectivity index (χ2n) is 6.36. The number of rotatable bonds is 14. The standard InChI is InChI=1S/C18H37N5O5.2ClH/c1-5-7-9-21-17(25)27-14(3)23(12-11-20-16(24)13-19)15(4)28-18(26)22-10-8-6-2;;/h14-15H,5-13,19H2,1-4H3,(H,20,24)(H,21,25)(H,22,26);2*1H. The van der Waals surface area contributed by atoms with Crippen LogP contribution >= 0.6 is 24.8 Å². The molecule has 0 aliphatic rings. The molecule has 180 valence electrons. The number of hydrogen-bond acceptors (Lipinski definition) is 7. The van der Waals surface area contributed by atoms with E-state index in [1.165, 1.54) is 0 Å². The van der Waals surface area contributed by atoms with Crippen LogP contribution in [-0.2, 0) is 14.3 Å². The van der Waals surface area contributed by atoms with E-state index in [2.05, 4.69) is 16.0 Å². The Labute approximate surface area is 192 Å². The molecule has 0 aromatic rings. The Balaban J connectivity index is -0.00000364. The van der Waals surface area contributed by atoms with Crippen LogP contribution in [0.4, 0.5) is 9.59 Å². The van der Waals surface area contributed by atoms with Crippen molar-refractivity contribution in [3.05, 3.63) is 0 Å². The number of amides is 3. The van der Waals surface area contributed by atoms with Gasteiger partial charge in [0.25, 0.3) is 0 Å². The lowest BCUT2D eigenvalue weighted by Gasteiger charge is -2.33. The number of carbonyl (C=O) groups excluding carboxylic acids is 3. The van der Waals surface area contributed by atoms with E-state index in [9.17, 15) is 14.4 Å². The van der Waals surface area contributed by atoms with Gasteiger partial charge >= 0.3 is 12.2 Å². The van der Waals surface area contributed by atoms with Crippen molar-refractivity contribution >= 4 is 42.9 Å². The van der Waals surface area contributed by atoms with E-state index < -0.39 is 24.6 Å². The maximum atomic E-state index is 11.9. The highest BCUT2D eigenvalue weighted by Crippen LogP contribution is 2.09. The summed E-state index contributed by atoms with van der Waals surface area (Å²) in [5.41, 5.74) is 5.28. The summed E-state index contributed by atoms with van der Waals surface area (Å²) in [4.78, 5) is 36.8. The lowest BCUT2D eigenvalue weighted by Crippen LogP contribution is -2.50. The first kappa shape index (κ1) is 33.2. The maximum absolute atomic E-state index is 11.9. The summed E-state index contributed by atoms with van der Waals surface area (Å²) in [6.45, 7) is 8.93. The predicted octanol–water partition coefficient (Wildman–Crippen LogP) is 1.95. The SMILES string of the molecule is CCCCNC(=O)OC(C)N(CCNC(=O)CN)C(C)OC(=O)NCCCC.Cl.Cl. The van der Waals surface area contributed by atoms with Gasteiger partial charge in [-0.3, -0.25) is 4.79 Å². The molecule has 3 amide bonds. The van der Waals surface area contributed by atoms with Gasteiger partial charge in [0.05, 0.1) is 6.54 Å². The molecule has 0 bridgehead atoms. The number of carbonyl (C=O) groups is 3. The molecule has 0 aromatic heterocycles. The number of ether oxygens (including phenoxy) is 2. The molecule has 0 aliphatic heterocycles. The van der Waals surface area contributed by atoms with E-state index in [-0.39, 0.29) is 43.8 Å². The molecular weight excluding hydrogens is 437 g/mol. The maximum Gasteiger partial charge on any atom is 0.408 e. The molecular formula is C18H39Cl2N5O5. The zero-order valence-corrected chi connectivity index (χ0v) is 20.0. The van der Waals surface area contributed by atoms with Crippen molar-refractivity contribution in [2.45, 2.75) is 65.8 Å². The van der Waals surface area contributed by atoms with Crippen LogP contribution in [0.5, 0.6) is 0 Å². The highest BCUT2D eigenvalue weighted by molar-refractivity contribution is 5.85. The molecule has 0 saturated heterocycles. The van der Waals surface area contributed by atoms with Gasteiger partial charge in [-0.25, -0.2) is 14.5 Å². The van der Waals surface area contributed by atoms with Crippen molar-refractivity contribution in [1.82, 2.24) is 20.9 Å². The Bertz CT molecular complexity index is 444. The van der Waals surface area contributed by atoms with E-state index >= 15 is 0 Å². The number of nitrogens with two attached hydrogens (primary N) is 1. The first-order valence-electron chi connectivity index (χ1n) is 9.97. The number of nitrogens with one attached hydrogen (secondary N) is 3. The third kappa shape index (κ3) is 16.3. The van der Waals surface area contributed by atoms with Crippen LogP contribution in [-0.4, -0.2) is 68.2 Å². The first-order chi connectivity index (χ1) is 13.3. The largest absolute Gasteiger partial charge is 0.430 e. The van der Waals surface area contributed by atoms with Crippen LogP contribution in [0.2, 0.25) is 0 Å². The zero-order chi connectivity index (χ0) is 21.4. The molecule has 5 N–H and O–H groups in total. The van der Waals surface area contributed by atoms with Crippen LogP contribution < -0.4 is 21.7 Å². The smallest absolute Gasteiger partial charge is 0.408 e. The van der Waals surface area contributed by atoms with Gasteiger partial charge in [0.15, 0.2) is 12.5 Å². The average molecular weight is 476 g/mol. The predicted molar refractivity (Wildman–Crippen MR) is 121 cm³/mol. The molecule has 10 nitrogen and oxygen atoms in total. The normalized spacial score (nSPS) is 11.9. The minimum absolute atomic E-state index is 0. The number of halogens is 2. The van der Waals surface area contributed by atoms with Crippen LogP contribution in [0.3, 0.4) is 0 Å². The Morgan fingerprint density at radius 2 is 1.27 bits per heavy atom. The van der Waals surface area contributed by atoms with Gasteiger partial charge in [0, 0.05) is 26.2 Å². The molecule has 0 heterocycles. The molecule has 0 fully saturated rings. The zero-order valence-electron chi connectivity index (χ0n) is 18.4. The Hall–Kier alpha value is -1.49. The van der Waals surface area contributed by atoms with Gasteiger partial charge in [-0.1, -0.05) is 26.7 Å². The number of alkyl carbamates (subject to hydrolysis) is 2. The molecule has 0 aliphatic carbocycles. The van der Waals surface area contributed by atoms with Gasteiger partial charge in [-0.05, 0) is 26.7 Å². The minimum Gasteiger partial charge on any atom is -0.430 e. The van der Waals surface area contributed by atoms with Crippen LogP contribution in [0, 0.1) is 0 Å². The summed E-state index contributed by atoms with van der Waals surface area (Å²) in [6.07, 6.45) is 1.20. The summed E-state index contributed by atoms with van der Waals surface area (Å²) in [6, 6.07) is 0. The molecule has 0 radical (unpaired) electrons. The van der Waals surface area contributed by atoms with E-state index in [1.807, 2.05) is 13.8 Å². The lowest BCUT2D eigenvalue weighted by molar-refractivity contribution is -0.121. The van der Waals surface area contributed by atoms with E-state index in [0.29, 0.717) is 19.6 Å². The molecule has 0 aromatic carbocycles. The topological polar surface area (TPSA) is 135 Å². The van der Waals surface area contributed by atoms with Crippen LogP contribution in [0.1, 0.15) is 53.4 Å². The fourth-order valence-corrected chi connectivity index (χ4v) is 2.32. The molecule has 0 spiro atoms. The van der Waals surface area contributed by atoms with Crippen molar-refractivity contribution in [2.75, 3.05) is 32.7 Å². The van der Waals surface area contributed by atoms with Crippen LogP contribution in [0.25, 0.3) is 0 Å². The molecule has 2 atom stereocenters. The quantitative estimate of drug-likeness (QED) is 0.222. The summed E-state index contributed by atoms with van der Waals surface area (Å²) in [5, 5.41) is 7.99. The highest BCUT2D eigenvalue weighted by atomic mass is 35.5. The Morgan fingerprint density at radius 1 is 0.833 bits per heavy atom. The number of unbranched alkanes of at least 4 members (excludes halogenated alkanes) is 2. The van der Waals surface area contributed by atoms with Gasteiger partial charge in [-0.2, -0.15) is 0 Å². The van der Waals surface area contributed by atoms with Gasteiger partial charge in [0.1, 0.15) is 0 Å². The van der Waals surface area contributed by atoms with Crippen molar-refractivity contribution in [1.29, 1.82) is 0 Å². The monoisotopic (exact) mass is 475 g/mol. The van der Waals surface area contributed by atoms with Crippen LogP contribution in [0.15, 0.2) is 0 Å². The Kier molecular flexibility index (Phi) is 23.0. The van der Waals surface area contributed by atoms with Gasteiger partial charge < -0.3 is 31.2 Å².